The molecule has 30 heavy (non-hydrogen) atoms. The number of halogens is 1. The molecule has 1 fully saturated rings. The number of nitrogens with zero attached hydrogens (tertiary/aromatic N) is 2. The molecule has 7 heteroatoms. The molecule has 2 heterocycles. The molecule has 1 aliphatic rings. The molecule has 2 aromatic carbocycles. The summed E-state index contributed by atoms with van der Waals surface area (Å²) in [5, 5.41) is 11.0. The van der Waals surface area contributed by atoms with Crippen LogP contribution in [-0.4, -0.2) is 28.9 Å². The van der Waals surface area contributed by atoms with Crippen LogP contribution in [0.25, 0.3) is 5.76 Å². The first-order valence-electron chi connectivity index (χ1n) is 9.13. The smallest absolute Gasteiger partial charge is 0.301 e. The second kappa shape index (κ2) is 8.12. The molecule has 0 saturated carbocycles. The van der Waals surface area contributed by atoms with Crippen LogP contribution in [0.15, 0.2) is 83.0 Å². The zero-order valence-corrected chi connectivity index (χ0v) is 17.5. The van der Waals surface area contributed by atoms with Gasteiger partial charge in [-0.25, -0.2) is 4.98 Å². The molecule has 1 saturated heterocycles. The van der Waals surface area contributed by atoms with Crippen molar-refractivity contribution in [3.05, 3.63) is 94.1 Å². The molecular formula is C23H17BrN2O4. The first-order valence-corrected chi connectivity index (χ1v) is 9.92. The maximum atomic E-state index is 13.0. The van der Waals surface area contributed by atoms with Crippen molar-refractivity contribution < 1.29 is 19.4 Å². The van der Waals surface area contributed by atoms with Crippen LogP contribution in [0.3, 0.4) is 0 Å². The zero-order valence-electron chi connectivity index (χ0n) is 15.9. The Kier molecular flexibility index (Phi) is 5.37. The number of carbonyl (C=O) groups is 2. The second-order valence-corrected chi connectivity index (χ2v) is 7.55. The fourth-order valence-corrected chi connectivity index (χ4v) is 3.69. The van der Waals surface area contributed by atoms with Gasteiger partial charge in [0.25, 0.3) is 5.78 Å². The lowest BCUT2D eigenvalue weighted by Gasteiger charge is -2.24. The summed E-state index contributed by atoms with van der Waals surface area (Å²) >= 11 is 3.35. The van der Waals surface area contributed by atoms with E-state index in [0.29, 0.717) is 22.7 Å². The molecule has 0 spiro atoms. The number of aromatic nitrogens is 1. The van der Waals surface area contributed by atoms with Crippen molar-refractivity contribution in [3.8, 4) is 5.75 Å². The van der Waals surface area contributed by atoms with Crippen LogP contribution in [0, 0.1) is 0 Å². The van der Waals surface area contributed by atoms with Gasteiger partial charge in [-0.05, 0) is 42.0 Å². The summed E-state index contributed by atoms with van der Waals surface area (Å²) in [6.45, 7) is 0. The van der Waals surface area contributed by atoms with E-state index in [2.05, 4.69) is 20.9 Å². The van der Waals surface area contributed by atoms with Gasteiger partial charge in [0, 0.05) is 16.2 Å². The molecule has 6 nitrogen and oxygen atoms in total. The highest BCUT2D eigenvalue weighted by molar-refractivity contribution is 9.10. The molecule has 0 aliphatic carbocycles. The van der Waals surface area contributed by atoms with Gasteiger partial charge in [0.1, 0.15) is 17.3 Å². The molecule has 1 atom stereocenters. The van der Waals surface area contributed by atoms with Gasteiger partial charge in [-0.1, -0.05) is 46.3 Å². The highest BCUT2D eigenvalue weighted by Crippen LogP contribution is 2.41. The molecular weight excluding hydrogens is 448 g/mol. The van der Waals surface area contributed by atoms with Crippen molar-refractivity contribution >= 4 is 39.2 Å². The predicted octanol–water partition coefficient (Wildman–Crippen LogP) is 4.48. The van der Waals surface area contributed by atoms with E-state index in [4.69, 9.17) is 4.74 Å². The zero-order chi connectivity index (χ0) is 21.3. The number of hydrogen-bond donors (Lipinski definition) is 1. The van der Waals surface area contributed by atoms with Crippen molar-refractivity contribution in [1.82, 2.24) is 4.98 Å². The molecule has 1 unspecified atom stereocenters. The van der Waals surface area contributed by atoms with E-state index < -0.39 is 17.7 Å². The second-order valence-electron chi connectivity index (χ2n) is 6.64. The number of amides is 1. The van der Waals surface area contributed by atoms with E-state index in [1.807, 2.05) is 0 Å². The highest BCUT2D eigenvalue weighted by atomic mass is 79.9. The lowest BCUT2D eigenvalue weighted by Crippen LogP contribution is -2.30. The highest BCUT2D eigenvalue weighted by Gasteiger charge is 2.47. The standard InChI is InChI=1S/C23H17BrN2O4/c1-30-17-11-7-14(8-12-17)20-19(21(27)15-5-9-16(24)10-6-15)22(28)23(29)26(20)18-4-2-3-13-25-18/h2-13,20,27H,1H3. The third-order valence-electron chi connectivity index (χ3n) is 4.89. The Morgan fingerprint density at radius 1 is 1.03 bits per heavy atom. The number of hydrogen-bond acceptors (Lipinski definition) is 5. The number of carbonyl (C=O) groups excluding carboxylic acids is 2. The molecule has 1 aromatic heterocycles. The van der Waals surface area contributed by atoms with Crippen molar-refractivity contribution in [2.45, 2.75) is 6.04 Å². The number of Topliss-reactive ketones (excluding diaryl/α,β-unsaturated/α-hetero) is 1. The monoisotopic (exact) mass is 464 g/mol. The molecule has 150 valence electrons. The molecule has 3 aromatic rings. The van der Waals surface area contributed by atoms with Gasteiger partial charge in [-0.15, -0.1) is 0 Å². The number of pyridine rings is 1. The molecule has 1 amide bonds. The van der Waals surface area contributed by atoms with E-state index >= 15 is 0 Å². The van der Waals surface area contributed by atoms with E-state index in [1.165, 1.54) is 4.90 Å². The summed E-state index contributed by atoms with van der Waals surface area (Å²) in [5.41, 5.74) is 1.10. The van der Waals surface area contributed by atoms with Crippen LogP contribution >= 0.6 is 15.9 Å². The lowest BCUT2D eigenvalue weighted by atomic mass is 9.95. The number of aliphatic hydroxyl groups is 1. The average molecular weight is 465 g/mol. The number of ether oxygens (including phenoxy) is 1. The van der Waals surface area contributed by atoms with Crippen LogP contribution < -0.4 is 9.64 Å². The molecule has 4 rings (SSSR count). The van der Waals surface area contributed by atoms with E-state index in [9.17, 15) is 14.7 Å². The van der Waals surface area contributed by atoms with Gasteiger partial charge < -0.3 is 9.84 Å². The van der Waals surface area contributed by atoms with Crippen LogP contribution in [0.2, 0.25) is 0 Å². The molecule has 0 bridgehead atoms. The fourth-order valence-electron chi connectivity index (χ4n) is 3.43. The van der Waals surface area contributed by atoms with Gasteiger partial charge in [-0.2, -0.15) is 0 Å². The largest absolute Gasteiger partial charge is 0.507 e. The average Bonchev–Trinajstić information content (AvgIpc) is 3.05. The summed E-state index contributed by atoms with van der Waals surface area (Å²) < 4.78 is 6.05. The maximum absolute atomic E-state index is 13.0. The van der Waals surface area contributed by atoms with Crippen molar-refractivity contribution in [3.63, 3.8) is 0 Å². The normalized spacial score (nSPS) is 17.9. The van der Waals surface area contributed by atoms with Gasteiger partial charge in [0.05, 0.1) is 18.7 Å². The Morgan fingerprint density at radius 3 is 2.33 bits per heavy atom. The first kappa shape index (κ1) is 19.8. The van der Waals surface area contributed by atoms with Crippen LogP contribution in [-0.2, 0) is 9.59 Å². The van der Waals surface area contributed by atoms with Gasteiger partial charge in [-0.3, -0.25) is 14.5 Å². The first-order chi connectivity index (χ1) is 14.5. The van der Waals surface area contributed by atoms with Crippen LogP contribution in [0.5, 0.6) is 5.75 Å². The van der Waals surface area contributed by atoms with Gasteiger partial charge in [0.2, 0.25) is 0 Å². The quantitative estimate of drug-likeness (QED) is 0.349. The minimum Gasteiger partial charge on any atom is -0.507 e. The number of aliphatic hydroxyl groups excluding tert-OH is 1. The summed E-state index contributed by atoms with van der Waals surface area (Å²) in [6, 6.07) is 18.2. The van der Waals surface area contributed by atoms with E-state index in [0.717, 1.165) is 4.47 Å². The number of methoxy groups -OCH3 is 1. The van der Waals surface area contributed by atoms with Crippen molar-refractivity contribution in [2.75, 3.05) is 12.0 Å². The summed E-state index contributed by atoms with van der Waals surface area (Å²) in [5.74, 6) is -0.771. The summed E-state index contributed by atoms with van der Waals surface area (Å²) in [7, 11) is 1.56. The number of rotatable bonds is 4. The summed E-state index contributed by atoms with van der Waals surface area (Å²) in [4.78, 5) is 31.5. The van der Waals surface area contributed by atoms with Crippen molar-refractivity contribution in [1.29, 1.82) is 0 Å². The van der Waals surface area contributed by atoms with E-state index in [-0.39, 0.29) is 11.3 Å². The maximum Gasteiger partial charge on any atom is 0.301 e. The molecule has 0 radical (unpaired) electrons. The minimum absolute atomic E-state index is 0.0122. The summed E-state index contributed by atoms with van der Waals surface area (Å²) in [6.07, 6.45) is 1.55. The topological polar surface area (TPSA) is 79.7 Å². The van der Waals surface area contributed by atoms with Gasteiger partial charge >= 0.3 is 5.91 Å². The van der Waals surface area contributed by atoms with E-state index in [1.54, 1.807) is 80.0 Å². The Morgan fingerprint density at radius 2 is 1.73 bits per heavy atom. The number of benzene rings is 2. The Hall–Kier alpha value is -3.45. The predicted molar refractivity (Wildman–Crippen MR) is 116 cm³/mol. The van der Waals surface area contributed by atoms with Gasteiger partial charge in [0.15, 0.2) is 0 Å². The third-order valence-corrected chi connectivity index (χ3v) is 5.42. The Balaban J connectivity index is 1.92. The minimum atomic E-state index is -0.825. The Bertz CT molecular complexity index is 1130. The number of anilines is 1. The van der Waals surface area contributed by atoms with Crippen LogP contribution in [0.4, 0.5) is 5.82 Å². The van der Waals surface area contributed by atoms with Crippen LogP contribution in [0.1, 0.15) is 17.2 Å². The molecule has 1 aliphatic heterocycles. The fraction of sp³-hybridized carbons (Fsp3) is 0.0870. The third kappa shape index (κ3) is 3.48. The Labute approximate surface area is 181 Å². The number of ketones is 1. The molecule has 1 N–H and O–H groups in total. The SMILES string of the molecule is COc1ccc(C2C(=C(O)c3ccc(Br)cc3)C(=O)C(=O)N2c2ccccn2)cc1. The lowest BCUT2D eigenvalue weighted by molar-refractivity contribution is -0.132. The van der Waals surface area contributed by atoms with Crippen molar-refractivity contribution in [2.24, 2.45) is 0 Å².